The predicted molar refractivity (Wildman–Crippen MR) is 120 cm³/mol. The zero-order valence-corrected chi connectivity index (χ0v) is 19.8. The molecule has 0 fully saturated rings. The van der Waals surface area contributed by atoms with Crippen LogP contribution in [0.15, 0.2) is 56.4 Å². The summed E-state index contributed by atoms with van der Waals surface area (Å²) in [5, 5.41) is 1.38. The normalized spacial score (nSPS) is 12.2. The maximum absolute atomic E-state index is 6.36. The van der Waals surface area contributed by atoms with Gasteiger partial charge in [-0.3, -0.25) is 0 Å². The van der Waals surface area contributed by atoms with Crippen molar-refractivity contribution in [3.63, 3.8) is 0 Å². The summed E-state index contributed by atoms with van der Waals surface area (Å²) in [5.74, 6) is 1.68. The van der Waals surface area contributed by atoms with Crippen molar-refractivity contribution < 1.29 is 4.74 Å². The molecule has 0 spiro atoms. The van der Waals surface area contributed by atoms with Gasteiger partial charge in [0.25, 0.3) is 0 Å². The van der Waals surface area contributed by atoms with Crippen molar-refractivity contribution in [3.8, 4) is 5.75 Å². The molecule has 27 heavy (non-hydrogen) atoms. The van der Waals surface area contributed by atoms with E-state index in [0.717, 1.165) is 37.5 Å². The number of hydrogen-bond acceptors (Lipinski definition) is 3. The van der Waals surface area contributed by atoms with E-state index in [1.54, 1.807) is 11.8 Å². The molecule has 1 N–H and O–H groups in total. The maximum Gasteiger partial charge on any atom is 0.133 e. The number of nitrogens with zero attached hydrogens (tertiary/aromatic N) is 1. The number of ether oxygens (including phenoxy) is 1. The van der Waals surface area contributed by atoms with Gasteiger partial charge in [-0.05, 0) is 53.2 Å². The van der Waals surface area contributed by atoms with Crippen LogP contribution in [0.4, 0.5) is 0 Å². The SMILES string of the molecule is Cc1ncc(CC(COc2ccc(Br)cc2Br)Sc2c(Cl)cccc2Cl)[nH]1. The number of nitrogens with one attached hydrogen (secondary N) is 1. The monoisotopic (exact) mass is 548 g/mol. The highest BCUT2D eigenvalue weighted by atomic mass is 79.9. The fourth-order valence-electron chi connectivity index (χ4n) is 2.49. The summed E-state index contributed by atoms with van der Waals surface area (Å²) in [6.45, 7) is 2.43. The fraction of sp³-hybridized carbons (Fsp3) is 0.211. The van der Waals surface area contributed by atoms with Gasteiger partial charge in [0.1, 0.15) is 18.2 Å². The van der Waals surface area contributed by atoms with E-state index in [2.05, 4.69) is 41.8 Å². The van der Waals surface area contributed by atoms with Crippen LogP contribution in [0, 0.1) is 6.92 Å². The van der Waals surface area contributed by atoms with Crippen LogP contribution in [0.25, 0.3) is 0 Å². The maximum atomic E-state index is 6.36. The lowest BCUT2D eigenvalue weighted by Gasteiger charge is -2.19. The van der Waals surface area contributed by atoms with E-state index in [0.29, 0.717) is 16.7 Å². The van der Waals surface area contributed by atoms with E-state index in [-0.39, 0.29) is 5.25 Å². The van der Waals surface area contributed by atoms with Crippen LogP contribution in [0.1, 0.15) is 11.5 Å². The fourth-order valence-corrected chi connectivity index (χ4v) is 5.41. The standard InChI is InChI=1S/C19H16Br2Cl2N2OS/c1-11-24-9-13(25-11)8-14(27-19-16(22)3-2-4-17(19)23)10-26-18-6-5-12(20)7-15(18)21/h2-7,9,14H,8,10H2,1H3,(H,24,25). The van der Waals surface area contributed by atoms with Gasteiger partial charge >= 0.3 is 0 Å². The zero-order valence-electron chi connectivity index (χ0n) is 14.3. The minimum Gasteiger partial charge on any atom is -0.491 e. The molecule has 0 radical (unpaired) electrons. The molecular formula is C19H16Br2Cl2N2OS. The number of aromatic nitrogens is 2. The Morgan fingerprint density at radius 1 is 1.19 bits per heavy atom. The van der Waals surface area contributed by atoms with E-state index in [1.807, 2.05) is 49.5 Å². The second-order valence-corrected chi connectivity index (χ2v) is 9.77. The summed E-state index contributed by atoms with van der Waals surface area (Å²) in [4.78, 5) is 8.42. The Labute approximate surface area is 189 Å². The first-order valence-electron chi connectivity index (χ1n) is 8.11. The van der Waals surface area contributed by atoms with Crippen molar-refractivity contribution >= 4 is 66.8 Å². The summed E-state index contributed by atoms with van der Waals surface area (Å²) < 4.78 is 7.96. The summed E-state index contributed by atoms with van der Waals surface area (Å²) >= 11 is 21.3. The van der Waals surface area contributed by atoms with Gasteiger partial charge in [-0.15, -0.1) is 11.8 Å². The van der Waals surface area contributed by atoms with E-state index in [4.69, 9.17) is 27.9 Å². The molecule has 3 nitrogen and oxygen atoms in total. The van der Waals surface area contributed by atoms with Gasteiger partial charge in [-0.1, -0.05) is 45.2 Å². The molecule has 142 valence electrons. The first-order valence-corrected chi connectivity index (χ1v) is 11.3. The number of halogens is 4. The van der Waals surface area contributed by atoms with Crippen molar-refractivity contribution in [3.05, 3.63) is 73.1 Å². The Morgan fingerprint density at radius 2 is 1.93 bits per heavy atom. The van der Waals surface area contributed by atoms with Crippen LogP contribution in [-0.2, 0) is 6.42 Å². The molecule has 0 aliphatic heterocycles. The third-order valence-corrected chi connectivity index (χ3v) is 7.00. The van der Waals surface area contributed by atoms with E-state index >= 15 is 0 Å². The molecule has 3 rings (SSSR count). The third-order valence-electron chi connectivity index (χ3n) is 3.73. The van der Waals surface area contributed by atoms with Gasteiger partial charge < -0.3 is 9.72 Å². The van der Waals surface area contributed by atoms with E-state index in [9.17, 15) is 0 Å². The summed E-state index contributed by atoms with van der Waals surface area (Å²) in [6.07, 6.45) is 2.61. The highest BCUT2D eigenvalue weighted by Crippen LogP contribution is 2.38. The van der Waals surface area contributed by atoms with E-state index < -0.39 is 0 Å². The lowest BCUT2D eigenvalue weighted by molar-refractivity contribution is 0.314. The molecule has 0 amide bonds. The Hall–Kier alpha value is -0.660. The second-order valence-electron chi connectivity index (χ2n) is 5.87. The first-order chi connectivity index (χ1) is 12.9. The predicted octanol–water partition coefficient (Wildman–Crippen LogP) is 7.33. The Balaban J connectivity index is 1.78. The number of aryl methyl sites for hydroxylation is 1. The highest BCUT2D eigenvalue weighted by molar-refractivity contribution is 9.11. The highest BCUT2D eigenvalue weighted by Gasteiger charge is 2.18. The minimum absolute atomic E-state index is 0.0952. The van der Waals surface area contributed by atoms with Crippen molar-refractivity contribution in [1.82, 2.24) is 9.97 Å². The lowest BCUT2D eigenvalue weighted by Crippen LogP contribution is -2.18. The first kappa shape index (κ1) is 21.1. The van der Waals surface area contributed by atoms with Gasteiger partial charge in [0, 0.05) is 32.9 Å². The Kier molecular flexibility index (Phi) is 7.57. The number of thioether (sulfide) groups is 1. The average molecular weight is 551 g/mol. The number of imidazole rings is 1. The Bertz CT molecular complexity index is 916. The summed E-state index contributed by atoms with van der Waals surface area (Å²) in [6, 6.07) is 11.4. The number of H-pyrrole nitrogens is 1. The van der Waals surface area contributed by atoms with Crippen LogP contribution in [0.5, 0.6) is 5.75 Å². The molecule has 0 bridgehead atoms. The van der Waals surface area contributed by atoms with Gasteiger partial charge in [-0.2, -0.15) is 0 Å². The van der Waals surface area contributed by atoms with Crippen LogP contribution < -0.4 is 4.74 Å². The number of aromatic amines is 1. The van der Waals surface area contributed by atoms with Crippen molar-refractivity contribution in [2.24, 2.45) is 0 Å². The van der Waals surface area contributed by atoms with Crippen LogP contribution in [-0.4, -0.2) is 21.8 Å². The molecule has 3 aromatic rings. The molecule has 8 heteroatoms. The average Bonchev–Trinajstić information content (AvgIpc) is 3.02. The van der Waals surface area contributed by atoms with Crippen LogP contribution >= 0.6 is 66.8 Å². The molecule has 0 aliphatic carbocycles. The molecule has 0 saturated heterocycles. The third kappa shape index (κ3) is 5.91. The van der Waals surface area contributed by atoms with Crippen molar-refractivity contribution in [2.45, 2.75) is 23.5 Å². The molecule has 1 atom stereocenters. The van der Waals surface area contributed by atoms with Crippen LogP contribution in [0.2, 0.25) is 10.0 Å². The summed E-state index contributed by atoms with van der Waals surface area (Å²) in [5.41, 5.74) is 1.05. The van der Waals surface area contributed by atoms with Crippen molar-refractivity contribution in [2.75, 3.05) is 6.61 Å². The smallest absolute Gasteiger partial charge is 0.133 e. The summed E-state index contributed by atoms with van der Waals surface area (Å²) in [7, 11) is 0. The quantitative estimate of drug-likeness (QED) is 0.313. The second kappa shape index (κ2) is 9.70. The van der Waals surface area contributed by atoms with Gasteiger partial charge in [0.05, 0.1) is 14.5 Å². The number of hydrogen-bond donors (Lipinski definition) is 1. The molecule has 1 unspecified atom stereocenters. The molecule has 2 aromatic carbocycles. The topological polar surface area (TPSA) is 37.9 Å². The Morgan fingerprint density at radius 3 is 2.56 bits per heavy atom. The molecule has 1 aromatic heterocycles. The molecule has 0 aliphatic rings. The van der Waals surface area contributed by atoms with Crippen molar-refractivity contribution in [1.29, 1.82) is 0 Å². The molecule has 0 saturated carbocycles. The largest absolute Gasteiger partial charge is 0.491 e. The van der Waals surface area contributed by atoms with Crippen LogP contribution in [0.3, 0.4) is 0 Å². The molecule has 1 heterocycles. The lowest BCUT2D eigenvalue weighted by atomic mass is 10.2. The van der Waals surface area contributed by atoms with Gasteiger partial charge in [0.2, 0.25) is 0 Å². The van der Waals surface area contributed by atoms with Gasteiger partial charge in [-0.25, -0.2) is 4.98 Å². The molecular weight excluding hydrogens is 535 g/mol. The number of benzene rings is 2. The number of rotatable bonds is 7. The van der Waals surface area contributed by atoms with E-state index in [1.165, 1.54) is 0 Å². The zero-order chi connectivity index (χ0) is 19.4. The van der Waals surface area contributed by atoms with Gasteiger partial charge in [0.15, 0.2) is 0 Å². The minimum atomic E-state index is 0.0952.